The molecule has 0 aliphatic heterocycles. The highest BCUT2D eigenvalue weighted by molar-refractivity contribution is 6.36. The molecule has 0 spiro atoms. The molecular weight excluding hydrogens is 389 g/mol. The van der Waals surface area contributed by atoms with E-state index in [1.807, 2.05) is 0 Å². The van der Waals surface area contributed by atoms with Crippen LogP contribution in [-0.2, 0) is 19.7 Å². The van der Waals surface area contributed by atoms with E-state index >= 15 is 0 Å². The highest BCUT2D eigenvalue weighted by Crippen LogP contribution is 2.44. The van der Waals surface area contributed by atoms with E-state index in [-0.39, 0.29) is 33.5 Å². The summed E-state index contributed by atoms with van der Waals surface area (Å²) in [6.45, 7) is -2.67. The molecule has 1 amide bonds. The van der Waals surface area contributed by atoms with Crippen molar-refractivity contribution in [2.75, 3.05) is 6.61 Å². The van der Waals surface area contributed by atoms with Crippen LogP contribution in [-0.4, -0.2) is 24.1 Å². The van der Waals surface area contributed by atoms with Gasteiger partial charge in [-0.05, 0) is 24.8 Å². The minimum atomic E-state index is -3.02. The van der Waals surface area contributed by atoms with Crippen molar-refractivity contribution in [3.8, 4) is 0 Å². The summed E-state index contributed by atoms with van der Waals surface area (Å²) in [5.41, 5.74) is 4.45. The number of carbonyl (C=O) groups is 1. The first-order valence-electron chi connectivity index (χ1n) is 7.93. The fraction of sp³-hybridized carbons (Fsp3) is 0.412. The van der Waals surface area contributed by atoms with Crippen LogP contribution in [0.1, 0.15) is 24.8 Å². The standard InChI is InChI=1S/C17H16Cl2F2N2O3/c18-10-6-23-7-11(19)14(10)17(15(22)24)4-3-12(26-16(20)21)13(5-17)25-8-9-1-2-9/h3-4,6-7,9,16H,1-2,5,8H2,(H2,22,24). The Morgan fingerprint density at radius 2 is 2.00 bits per heavy atom. The third-order valence-electron chi connectivity index (χ3n) is 4.38. The minimum Gasteiger partial charge on any atom is -0.494 e. The number of pyridine rings is 1. The van der Waals surface area contributed by atoms with Gasteiger partial charge in [-0.2, -0.15) is 8.78 Å². The predicted octanol–water partition coefficient (Wildman–Crippen LogP) is 3.95. The first-order chi connectivity index (χ1) is 12.3. The van der Waals surface area contributed by atoms with Gasteiger partial charge in [0.1, 0.15) is 11.2 Å². The maximum Gasteiger partial charge on any atom is 0.387 e. The molecule has 1 heterocycles. The summed E-state index contributed by atoms with van der Waals surface area (Å²) in [6, 6.07) is 0. The molecule has 2 aliphatic rings. The van der Waals surface area contributed by atoms with Gasteiger partial charge in [-0.15, -0.1) is 0 Å². The zero-order valence-electron chi connectivity index (χ0n) is 13.6. The maximum absolute atomic E-state index is 12.7. The molecule has 1 saturated carbocycles. The third kappa shape index (κ3) is 3.78. The lowest BCUT2D eigenvalue weighted by Gasteiger charge is -2.33. The lowest BCUT2D eigenvalue weighted by molar-refractivity contribution is -0.122. The molecule has 2 N–H and O–H groups in total. The van der Waals surface area contributed by atoms with Crippen LogP contribution in [0.25, 0.3) is 0 Å². The highest BCUT2D eigenvalue weighted by Gasteiger charge is 2.44. The number of halogens is 4. The van der Waals surface area contributed by atoms with Gasteiger partial charge < -0.3 is 15.2 Å². The Bertz CT molecular complexity index is 761. The summed E-state index contributed by atoms with van der Waals surface area (Å²) in [7, 11) is 0. The number of hydrogen-bond donors (Lipinski definition) is 1. The molecule has 1 aromatic rings. The Kier molecular flexibility index (Phi) is 5.39. The van der Waals surface area contributed by atoms with Crippen molar-refractivity contribution in [1.82, 2.24) is 4.98 Å². The molecule has 0 bridgehead atoms. The van der Waals surface area contributed by atoms with Crippen molar-refractivity contribution in [2.45, 2.75) is 31.3 Å². The molecular formula is C17H16Cl2F2N2O3. The van der Waals surface area contributed by atoms with E-state index in [9.17, 15) is 13.6 Å². The van der Waals surface area contributed by atoms with Crippen LogP contribution in [0.5, 0.6) is 0 Å². The first-order valence-corrected chi connectivity index (χ1v) is 8.68. The normalized spacial score (nSPS) is 22.7. The number of rotatable bonds is 7. The molecule has 0 radical (unpaired) electrons. The van der Waals surface area contributed by atoms with Gasteiger partial charge in [0, 0.05) is 24.4 Å². The molecule has 1 atom stereocenters. The molecule has 1 fully saturated rings. The lowest BCUT2D eigenvalue weighted by Crippen LogP contribution is -2.42. The summed E-state index contributed by atoms with van der Waals surface area (Å²) in [5.74, 6) is -0.397. The zero-order chi connectivity index (χ0) is 18.9. The molecule has 3 rings (SSSR count). The molecule has 140 valence electrons. The number of alkyl halides is 2. The van der Waals surface area contributed by atoms with Crippen molar-refractivity contribution >= 4 is 29.1 Å². The number of hydrogen-bond acceptors (Lipinski definition) is 4. The van der Waals surface area contributed by atoms with Gasteiger partial charge in [-0.1, -0.05) is 29.3 Å². The Balaban J connectivity index is 2.01. The zero-order valence-corrected chi connectivity index (χ0v) is 15.1. The number of primary amides is 1. The highest BCUT2D eigenvalue weighted by atomic mass is 35.5. The third-order valence-corrected chi connectivity index (χ3v) is 4.95. The van der Waals surface area contributed by atoms with Crippen LogP contribution < -0.4 is 5.73 Å². The average Bonchev–Trinajstić information content (AvgIpc) is 3.38. The van der Waals surface area contributed by atoms with Crippen LogP contribution in [0.15, 0.2) is 36.1 Å². The van der Waals surface area contributed by atoms with E-state index in [1.165, 1.54) is 24.5 Å². The molecule has 26 heavy (non-hydrogen) atoms. The van der Waals surface area contributed by atoms with E-state index in [0.29, 0.717) is 12.5 Å². The summed E-state index contributed by atoms with van der Waals surface area (Å²) < 4.78 is 35.7. The molecule has 0 aromatic carbocycles. The Labute approximate surface area is 158 Å². The molecule has 1 aromatic heterocycles. The summed E-state index contributed by atoms with van der Waals surface area (Å²) >= 11 is 12.4. The SMILES string of the molecule is NC(=O)C1(c2c(Cl)cncc2Cl)C=CC(OC(F)F)=C(OCC2CC2)C1. The van der Waals surface area contributed by atoms with Gasteiger partial charge in [0.15, 0.2) is 5.76 Å². The van der Waals surface area contributed by atoms with E-state index in [1.54, 1.807) is 0 Å². The molecule has 1 unspecified atom stereocenters. The number of carbonyl (C=O) groups excluding carboxylic acids is 1. The van der Waals surface area contributed by atoms with Crippen LogP contribution in [0.2, 0.25) is 10.0 Å². The second-order valence-corrected chi connectivity index (χ2v) is 7.06. The van der Waals surface area contributed by atoms with Crippen LogP contribution in [0.3, 0.4) is 0 Å². The Morgan fingerprint density at radius 3 is 2.54 bits per heavy atom. The summed E-state index contributed by atoms with van der Waals surface area (Å²) in [5, 5.41) is 0.279. The summed E-state index contributed by atoms with van der Waals surface area (Å²) in [6.07, 6.45) is 7.17. The van der Waals surface area contributed by atoms with Gasteiger partial charge in [0.25, 0.3) is 0 Å². The second kappa shape index (κ2) is 7.40. The smallest absolute Gasteiger partial charge is 0.387 e. The van der Waals surface area contributed by atoms with E-state index in [4.69, 9.17) is 33.7 Å². The quantitative estimate of drug-likeness (QED) is 0.746. The van der Waals surface area contributed by atoms with Crippen LogP contribution in [0, 0.1) is 5.92 Å². The second-order valence-electron chi connectivity index (χ2n) is 6.24. The van der Waals surface area contributed by atoms with Crippen molar-refractivity contribution in [2.24, 2.45) is 11.7 Å². The Morgan fingerprint density at radius 1 is 1.35 bits per heavy atom. The number of nitrogens with zero attached hydrogens (tertiary/aromatic N) is 1. The fourth-order valence-electron chi connectivity index (χ4n) is 2.84. The lowest BCUT2D eigenvalue weighted by atomic mass is 9.74. The average molecular weight is 405 g/mol. The van der Waals surface area contributed by atoms with Crippen LogP contribution >= 0.6 is 23.2 Å². The monoisotopic (exact) mass is 404 g/mol. The van der Waals surface area contributed by atoms with Gasteiger partial charge in [0.2, 0.25) is 5.91 Å². The number of amides is 1. The van der Waals surface area contributed by atoms with Gasteiger partial charge in [-0.25, -0.2) is 0 Å². The topological polar surface area (TPSA) is 74.4 Å². The van der Waals surface area contributed by atoms with Crippen molar-refractivity contribution in [1.29, 1.82) is 0 Å². The number of ether oxygens (including phenoxy) is 2. The van der Waals surface area contributed by atoms with E-state index in [0.717, 1.165) is 12.8 Å². The number of allylic oxidation sites excluding steroid dienone is 2. The Hall–Kier alpha value is -1.86. The van der Waals surface area contributed by atoms with E-state index < -0.39 is 17.9 Å². The van der Waals surface area contributed by atoms with Crippen LogP contribution in [0.4, 0.5) is 8.78 Å². The number of aromatic nitrogens is 1. The van der Waals surface area contributed by atoms with Crippen molar-refractivity contribution in [3.05, 3.63) is 51.7 Å². The van der Waals surface area contributed by atoms with Gasteiger partial charge >= 0.3 is 6.61 Å². The molecule has 9 heteroatoms. The maximum atomic E-state index is 12.7. The molecule has 5 nitrogen and oxygen atoms in total. The van der Waals surface area contributed by atoms with Crippen molar-refractivity contribution in [3.63, 3.8) is 0 Å². The summed E-state index contributed by atoms with van der Waals surface area (Å²) in [4.78, 5) is 16.2. The largest absolute Gasteiger partial charge is 0.494 e. The van der Waals surface area contributed by atoms with Gasteiger partial charge in [0.05, 0.1) is 16.7 Å². The molecule has 0 saturated heterocycles. The molecule has 2 aliphatic carbocycles. The predicted molar refractivity (Wildman–Crippen MR) is 91.7 cm³/mol. The number of nitrogens with two attached hydrogens (primary N) is 1. The van der Waals surface area contributed by atoms with Crippen molar-refractivity contribution < 1.29 is 23.0 Å². The van der Waals surface area contributed by atoms with E-state index in [2.05, 4.69) is 9.72 Å². The fourth-order valence-corrected chi connectivity index (χ4v) is 3.54. The minimum absolute atomic E-state index is 0.113. The first kappa shape index (κ1) is 18.9. The van der Waals surface area contributed by atoms with Gasteiger partial charge in [-0.3, -0.25) is 9.78 Å².